The minimum absolute atomic E-state index is 0.712. The first-order valence-corrected chi connectivity index (χ1v) is 12.1. The summed E-state index contributed by atoms with van der Waals surface area (Å²) in [6.07, 6.45) is 3.73. The number of rotatable bonds is 6. The Labute approximate surface area is 200 Å². The molecule has 1 N–H and O–H groups in total. The number of aromatic nitrogens is 3. The van der Waals surface area contributed by atoms with Crippen LogP contribution in [-0.2, 0) is 0 Å². The summed E-state index contributed by atoms with van der Waals surface area (Å²) in [4.78, 5) is 23.4. The van der Waals surface area contributed by atoms with Gasteiger partial charge in [0.15, 0.2) is 0 Å². The van der Waals surface area contributed by atoms with Gasteiger partial charge in [0.1, 0.15) is 5.82 Å². The summed E-state index contributed by atoms with van der Waals surface area (Å²) in [7, 11) is 2.17. The van der Waals surface area contributed by atoms with E-state index in [1.807, 2.05) is 42.7 Å². The Morgan fingerprint density at radius 1 is 0.879 bits per heavy atom. The van der Waals surface area contributed by atoms with Gasteiger partial charge < -0.3 is 20.0 Å². The molecule has 9 heteroatoms. The van der Waals surface area contributed by atoms with E-state index in [9.17, 15) is 0 Å². The molecule has 2 aliphatic rings. The molecule has 2 aliphatic heterocycles. The second kappa shape index (κ2) is 10.1. The first-order valence-electron chi connectivity index (χ1n) is 11.7. The molecular weight excluding hydrogens is 436 g/mol. The van der Waals surface area contributed by atoms with Crippen LogP contribution in [0.5, 0.6) is 0 Å². The fourth-order valence-corrected chi connectivity index (χ4v) is 4.67. The van der Waals surface area contributed by atoms with Gasteiger partial charge in [-0.15, -0.1) is 0 Å². The molecule has 0 bridgehead atoms. The summed E-state index contributed by atoms with van der Waals surface area (Å²) >= 11 is 6.10. The molecule has 0 unspecified atom stereocenters. The minimum atomic E-state index is 0.712. The van der Waals surface area contributed by atoms with Crippen LogP contribution in [0.25, 0.3) is 10.9 Å². The third kappa shape index (κ3) is 5.29. The van der Waals surface area contributed by atoms with Crippen LogP contribution in [0.3, 0.4) is 0 Å². The van der Waals surface area contributed by atoms with Crippen molar-refractivity contribution in [2.45, 2.75) is 0 Å². The van der Waals surface area contributed by atoms with E-state index in [4.69, 9.17) is 16.6 Å². The number of halogens is 1. The van der Waals surface area contributed by atoms with Gasteiger partial charge in [0, 0.05) is 93.9 Å². The van der Waals surface area contributed by atoms with Gasteiger partial charge in [-0.1, -0.05) is 11.6 Å². The van der Waals surface area contributed by atoms with E-state index in [-0.39, 0.29) is 0 Å². The van der Waals surface area contributed by atoms with E-state index < -0.39 is 0 Å². The number of anilines is 3. The zero-order valence-corrected chi connectivity index (χ0v) is 19.9. The highest BCUT2D eigenvalue weighted by Crippen LogP contribution is 2.24. The van der Waals surface area contributed by atoms with Crippen LogP contribution < -0.4 is 15.1 Å². The first-order chi connectivity index (χ1) is 16.2. The molecule has 5 rings (SSSR count). The van der Waals surface area contributed by atoms with Crippen molar-refractivity contribution in [2.75, 3.05) is 87.6 Å². The lowest BCUT2D eigenvalue weighted by Crippen LogP contribution is -2.48. The zero-order chi connectivity index (χ0) is 22.6. The molecule has 0 saturated carbocycles. The van der Waals surface area contributed by atoms with Gasteiger partial charge in [0.05, 0.1) is 5.52 Å². The third-order valence-electron chi connectivity index (χ3n) is 6.56. The maximum absolute atomic E-state index is 6.10. The predicted molar refractivity (Wildman–Crippen MR) is 136 cm³/mol. The van der Waals surface area contributed by atoms with E-state index in [0.717, 1.165) is 93.8 Å². The molecule has 3 aromatic rings. The molecule has 0 amide bonds. The number of piperazine rings is 2. The van der Waals surface area contributed by atoms with Gasteiger partial charge in [0.2, 0.25) is 5.95 Å². The van der Waals surface area contributed by atoms with Crippen LogP contribution in [-0.4, -0.2) is 97.2 Å². The molecule has 2 aromatic heterocycles. The summed E-state index contributed by atoms with van der Waals surface area (Å²) in [5.74, 6) is 1.90. The Kier molecular flexibility index (Phi) is 6.75. The van der Waals surface area contributed by atoms with Crippen molar-refractivity contribution < 1.29 is 0 Å². The predicted octanol–water partition coefficient (Wildman–Crippen LogP) is 2.66. The summed E-state index contributed by atoms with van der Waals surface area (Å²) < 4.78 is 0. The molecule has 2 saturated heterocycles. The van der Waals surface area contributed by atoms with Crippen LogP contribution in [0.15, 0.2) is 42.7 Å². The summed E-state index contributed by atoms with van der Waals surface area (Å²) in [5, 5.41) is 5.39. The highest BCUT2D eigenvalue weighted by atomic mass is 35.5. The SMILES string of the molecule is CN1CCN(c2nccc(N3CCN(CCNc4ccnc5cc(Cl)ccc45)CC3)n2)CC1. The van der Waals surface area contributed by atoms with Gasteiger partial charge in [0.25, 0.3) is 0 Å². The van der Waals surface area contributed by atoms with Gasteiger partial charge in [-0.3, -0.25) is 9.88 Å². The fraction of sp³-hybridized carbons (Fsp3) is 0.458. The normalized spacial score (nSPS) is 18.1. The Hall–Kier alpha value is -2.68. The van der Waals surface area contributed by atoms with E-state index in [2.05, 4.69) is 41.9 Å². The molecule has 0 spiro atoms. The van der Waals surface area contributed by atoms with E-state index >= 15 is 0 Å². The van der Waals surface area contributed by atoms with Crippen molar-refractivity contribution in [1.82, 2.24) is 24.8 Å². The molecule has 174 valence electrons. The van der Waals surface area contributed by atoms with Gasteiger partial charge in [-0.05, 0) is 37.4 Å². The Morgan fingerprint density at radius 3 is 2.45 bits per heavy atom. The molecule has 1 aromatic carbocycles. The molecule has 4 heterocycles. The number of likely N-dealkylation sites (N-methyl/N-ethyl adjacent to an activating group) is 1. The van der Waals surface area contributed by atoms with Gasteiger partial charge >= 0.3 is 0 Å². The van der Waals surface area contributed by atoms with Crippen molar-refractivity contribution in [1.29, 1.82) is 0 Å². The fourth-order valence-electron chi connectivity index (χ4n) is 4.50. The Bertz CT molecular complexity index is 1080. The van der Waals surface area contributed by atoms with Crippen molar-refractivity contribution >= 4 is 40.0 Å². The topological polar surface area (TPSA) is 63.7 Å². The van der Waals surface area contributed by atoms with Gasteiger partial charge in [-0.25, -0.2) is 4.98 Å². The van der Waals surface area contributed by atoms with Crippen LogP contribution in [0.4, 0.5) is 17.5 Å². The van der Waals surface area contributed by atoms with Crippen molar-refractivity contribution in [3.05, 3.63) is 47.7 Å². The lowest BCUT2D eigenvalue weighted by atomic mass is 10.2. The first kappa shape index (κ1) is 22.1. The number of fused-ring (bicyclic) bond motifs is 1. The monoisotopic (exact) mass is 466 g/mol. The van der Waals surface area contributed by atoms with E-state index in [1.54, 1.807) is 0 Å². The van der Waals surface area contributed by atoms with Crippen molar-refractivity contribution in [2.24, 2.45) is 0 Å². The smallest absolute Gasteiger partial charge is 0.227 e. The molecule has 0 radical (unpaired) electrons. The standard InChI is InChI=1S/C24H31ClN8/c1-30-10-14-33(15-11-30)24-28-7-5-23(29-24)32-16-12-31(13-17-32)9-8-27-21-4-6-26-22-18-19(25)2-3-20(21)22/h2-7,18H,8-17H2,1H3,(H,26,27). The van der Waals surface area contributed by atoms with Crippen LogP contribution in [0, 0.1) is 0 Å². The number of hydrogen-bond donors (Lipinski definition) is 1. The molecule has 8 nitrogen and oxygen atoms in total. The summed E-state index contributed by atoms with van der Waals surface area (Å²) in [6, 6.07) is 9.92. The number of nitrogens with zero attached hydrogens (tertiary/aromatic N) is 7. The highest BCUT2D eigenvalue weighted by molar-refractivity contribution is 6.31. The van der Waals surface area contributed by atoms with E-state index in [1.165, 1.54) is 0 Å². The largest absolute Gasteiger partial charge is 0.383 e. The van der Waals surface area contributed by atoms with Crippen LogP contribution in [0.2, 0.25) is 5.02 Å². The Morgan fingerprint density at radius 2 is 1.64 bits per heavy atom. The lowest BCUT2D eigenvalue weighted by molar-refractivity contribution is 0.266. The third-order valence-corrected chi connectivity index (χ3v) is 6.79. The lowest BCUT2D eigenvalue weighted by Gasteiger charge is -2.36. The van der Waals surface area contributed by atoms with Crippen molar-refractivity contribution in [3.8, 4) is 0 Å². The summed E-state index contributed by atoms with van der Waals surface area (Å²) in [6.45, 7) is 10.0. The number of benzene rings is 1. The number of pyridine rings is 1. The maximum atomic E-state index is 6.10. The maximum Gasteiger partial charge on any atom is 0.227 e. The molecule has 0 aliphatic carbocycles. The quantitative estimate of drug-likeness (QED) is 0.595. The highest BCUT2D eigenvalue weighted by Gasteiger charge is 2.21. The zero-order valence-electron chi connectivity index (χ0n) is 19.1. The minimum Gasteiger partial charge on any atom is -0.383 e. The van der Waals surface area contributed by atoms with Crippen LogP contribution in [0.1, 0.15) is 0 Å². The molecule has 2 fully saturated rings. The number of nitrogens with one attached hydrogen (secondary N) is 1. The Balaban J connectivity index is 1.12. The number of hydrogen-bond acceptors (Lipinski definition) is 8. The second-order valence-electron chi connectivity index (χ2n) is 8.78. The summed E-state index contributed by atoms with van der Waals surface area (Å²) in [5.41, 5.74) is 2.02. The average molecular weight is 467 g/mol. The molecule has 33 heavy (non-hydrogen) atoms. The molecular formula is C24H31ClN8. The van der Waals surface area contributed by atoms with Crippen LogP contribution >= 0.6 is 11.6 Å². The van der Waals surface area contributed by atoms with E-state index in [0.29, 0.717) is 5.02 Å². The molecule has 0 atom stereocenters. The average Bonchev–Trinajstić information content (AvgIpc) is 2.85. The second-order valence-corrected chi connectivity index (χ2v) is 9.22. The van der Waals surface area contributed by atoms with Gasteiger partial charge in [-0.2, -0.15) is 4.98 Å². The van der Waals surface area contributed by atoms with Crippen molar-refractivity contribution in [3.63, 3.8) is 0 Å².